The first kappa shape index (κ1) is 17.1. The quantitative estimate of drug-likeness (QED) is 0.795. The van der Waals surface area contributed by atoms with Crippen LogP contribution in [0.1, 0.15) is 6.92 Å². The van der Waals surface area contributed by atoms with Crippen LogP contribution in [0.3, 0.4) is 0 Å². The van der Waals surface area contributed by atoms with Gasteiger partial charge in [0, 0.05) is 9.50 Å². The summed E-state index contributed by atoms with van der Waals surface area (Å²) in [4.78, 5) is -0.0944. The van der Waals surface area contributed by atoms with Crippen molar-refractivity contribution in [3.05, 3.63) is 51.7 Å². The van der Waals surface area contributed by atoms with E-state index in [4.69, 9.17) is 16.3 Å². The molecule has 0 radical (unpaired) electrons. The average Bonchev–Trinajstić information content (AvgIpc) is 2.45. The van der Waals surface area contributed by atoms with E-state index in [-0.39, 0.29) is 21.4 Å². The third-order valence-corrected chi connectivity index (χ3v) is 4.78. The fourth-order valence-corrected chi connectivity index (χ4v) is 3.66. The van der Waals surface area contributed by atoms with Gasteiger partial charge < -0.3 is 4.74 Å². The molecule has 2 rings (SSSR count). The molecule has 0 saturated heterocycles. The molecular formula is C14H12BrClFNO3S. The molecular weight excluding hydrogens is 397 g/mol. The van der Waals surface area contributed by atoms with E-state index < -0.39 is 15.8 Å². The molecule has 0 fully saturated rings. The summed E-state index contributed by atoms with van der Waals surface area (Å²) >= 11 is 8.97. The number of ether oxygens (including phenoxy) is 1. The fourth-order valence-electron chi connectivity index (χ4n) is 1.74. The highest BCUT2D eigenvalue weighted by molar-refractivity contribution is 9.10. The Bertz CT molecular complexity index is 799. The van der Waals surface area contributed by atoms with E-state index in [1.54, 1.807) is 13.0 Å². The second-order valence-corrected chi connectivity index (χ2v) is 7.26. The molecule has 1 N–H and O–H groups in total. The molecule has 0 aromatic heterocycles. The zero-order chi connectivity index (χ0) is 16.3. The Morgan fingerprint density at radius 2 is 2.00 bits per heavy atom. The maximum Gasteiger partial charge on any atom is 0.265 e. The molecule has 22 heavy (non-hydrogen) atoms. The molecule has 0 heterocycles. The minimum absolute atomic E-state index is 0.0944. The molecule has 2 aromatic rings. The second-order valence-electron chi connectivity index (χ2n) is 4.25. The number of benzene rings is 2. The lowest BCUT2D eigenvalue weighted by molar-refractivity contribution is 0.331. The summed E-state index contributed by atoms with van der Waals surface area (Å²) in [5.74, 6) is -0.540. The van der Waals surface area contributed by atoms with E-state index in [0.717, 1.165) is 6.07 Å². The van der Waals surface area contributed by atoms with Gasteiger partial charge >= 0.3 is 0 Å². The molecule has 0 amide bonds. The minimum Gasteiger partial charge on any atom is -0.492 e. The topological polar surface area (TPSA) is 55.4 Å². The molecule has 0 saturated carbocycles. The number of anilines is 1. The summed E-state index contributed by atoms with van der Waals surface area (Å²) in [7, 11) is -4.03. The molecule has 4 nitrogen and oxygen atoms in total. The zero-order valence-corrected chi connectivity index (χ0v) is 14.6. The van der Waals surface area contributed by atoms with Gasteiger partial charge in [-0.05, 0) is 43.3 Å². The van der Waals surface area contributed by atoms with Gasteiger partial charge in [-0.15, -0.1) is 0 Å². The van der Waals surface area contributed by atoms with Gasteiger partial charge in [0.1, 0.15) is 16.5 Å². The largest absolute Gasteiger partial charge is 0.492 e. The molecule has 0 aliphatic heterocycles. The summed E-state index contributed by atoms with van der Waals surface area (Å²) < 4.78 is 46.8. The summed E-state index contributed by atoms with van der Waals surface area (Å²) in [6, 6.07) is 8.19. The van der Waals surface area contributed by atoms with Gasteiger partial charge in [0.2, 0.25) is 0 Å². The molecule has 118 valence electrons. The Morgan fingerprint density at radius 3 is 2.68 bits per heavy atom. The number of hydrogen-bond acceptors (Lipinski definition) is 3. The van der Waals surface area contributed by atoms with E-state index in [2.05, 4.69) is 20.7 Å². The first-order valence-corrected chi connectivity index (χ1v) is 8.89. The van der Waals surface area contributed by atoms with Crippen LogP contribution < -0.4 is 9.46 Å². The van der Waals surface area contributed by atoms with Crippen molar-refractivity contribution in [3.63, 3.8) is 0 Å². The van der Waals surface area contributed by atoms with Crippen molar-refractivity contribution in [1.82, 2.24) is 0 Å². The lowest BCUT2D eigenvalue weighted by Crippen LogP contribution is -2.15. The normalized spacial score (nSPS) is 11.3. The second kappa shape index (κ2) is 6.85. The van der Waals surface area contributed by atoms with E-state index in [9.17, 15) is 12.8 Å². The third-order valence-electron chi connectivity index (χ3n) is 2.67. The lowest BCUT2D eigenvalue weighted by Gasteiger charge is -2.13. The number of rotatable bonds is 5. The van der Waals surface area contributed by atoms with Crippen LogP contribution in [-0.4, -0.2) is 15.0 Å². The Labute approximate surface area is 141 Å². The SMILES string of the molecule is CCOc1ccc(Br)cc1S(=O)(=O)Nc1cc(Cl)ccc1F. The summed E-state index contributed by atoms with van der Waals surface area (Å²) in [6.07, 6.45) is 0. The molecule has 0 spiro atoms. The highest BCUT2D eigenvalue weighted by Crippen LogP contribution is 2.30. The number of halogens is 3. The van der Waals surface area contributed by atoms with Crippen LogP contribution in [0.5, 0.6) is 5.75 Å². The number of sulfonamides is 1. The van der Waals surface area contributed by atoms with Crippen LogP contribution in [0.4, 0.5) is 10.1 Å². The van der Waals surface area contributed by atoms with Crippen molar-refractivity contribution in [3.8, 4) is 5.75 Å². The zero-order valence-electron chi connectivity index (χ0n) is 11.4. The maximum atomic E-state index is 13.7. The van der Waals surface area contributed by atoms with Crippen LogP contribution in [0, 0.1) is 5.82 Å². The summed E-state index contributed by atoms with van der Waals surface area (Å²) in [5, 5.41) is 0.221. The number of nitrogens with one attached hydrogen (secondary N) is 1. The highest BCUT2D eigenvalue weighted by atomic mass is 79.9. The molecule has 0 aliphatic carbocycles. The van der Waals surface area contributed by atoms with Crippen LogP contribution in [0.2, 0.25) is 5.02 Å². The van der Waals surface area contributed by atoms with Crippen LogP contribution in [0.15, 0.2) is 45.8 Å². The van der Waals surface area contributed by atoms with Crippen molar-refractivity contribution < 1.29 is 17.5 Å². The van der Waals surface area contributed by atoms with Crippen LogP contribution in [-0.2, 0) is 10.0 Å². The van der Waals surface area contributed by atoms with Gasteiger partial charge in [0.05, 0.1) is 12.3 Å². The first-order valence-electron chi connectivity index (χ1n) is 6.23. The third kappa shape index (κ3) is 3.91. The van der Waals surface area contributed by atoms with Crippen LogP contribution in [0.25, 0.3) is 0 Å². The van der Waals surface area contributed by atoms with Crippen molar-refractivity contribution in [2.24, 2.45) is 0 Å². The Hall–Kier alpha value is -1.31. The average molecular weight is 409 g/mol. The van der Waals surface area contributed by atoms with Crippen molar-refractivity contribution in [2.75, 3.05) is 11.3 Å². The smallest absolute Gasteiger partial charge is 0.265 e. The van der Waals surface area contributed by atoms with E-state index in [1.807, 2.05) is 0 Å². The standard InChI is InChI=1S/C14H12BrClFNO3S/c1-2-21-13-6-3-9(15)7-14(13)22(19,20)18-12-8-10(16)4-5-11(12)17/h3-8,18H,2H2,1H3. The molecule has 0 bridgehead atoms. The van der Waals surface area contributed by atoms with Gasteiger partial charge in [-0.2, -0.15) is 0 Å². The monoisotopic (exact) mass is 407 g/mol. The van der Waals surface area contributed by atoms with Gasteiger partial charge in [0.25, 0.3) is 10.0 Å². The molecule has 8 heteroatoms. The summed E-state index contributed by atoms with van der Waals surface area (Å²) in [5.41, 5.74) is -0.227. The maximum absolute atomic E-state index is 13.7. The minimum atomic E-state index is -4.03. The predicted molar refractivity (Wildman–Crippen MR) is 87.5 cm³/mol. The van der Waals surface area contributed by atoms with Gasteiger partial charge in [-0.1, -0.05) is 27.5 Å². The van der Waals surface area contributed by atoms with Crippen molar-refractivity contribution >= 4 is 43.2 Å². The Morgan fingerprint density at radius 1 is 1.27 bits per heavy atom. The molecule has 2 aromatic carbocycles. The Balaban J connectivity index is 2.46. The number of hydrogen-bond donors (Lipinski definition) is 1. The highest BCUT2D eigenvalue weighted by Gasteiger charge is 2.22. The first-order chi connectivity index (χ1) is 10.3. The Kier molecular flexibility index (Phi) is 5.31. The van der Waals surface area contributed by atoms with Gasteiger partial charge in [0.15, 0.2) is 0 Å². The van der Waals surface area contributed by atoms with Crippen molar-refractivity contribution in [1.29, 1.82) is 0 Å². The van der Waals surface area contributed by atoms with Gasteiger partial charge in [-0.3, -0.25) is 4.72 Å². The fraction of sp³-hybridized carbons (Fsp3) is 0.143. The van der Waals surface area contributed by atoms with Crippen LogP contribution >= 0.6 is 27.5 Å². The van der Waals surface area contributed by atoms with E-state index >= 15 is 0 Å². The van der Waals surface area contributed by atoms with Crippen molar-refractivity contribution in [2.45, 2.75) is 11.8 Å². The molecule has 0 aliphatic rings. The lowest BCUT2D eigenvalue weighted by atomic mass is 10.3. The molecule has 0 unspecified atom stereocenters. The summed E-state index contributed by atoms with van der Waals surface area (Å²) in [6.45, 7) is 2.04. The molecule has 0 atom stereocenters. The predicted octanol–water partition coefficient (Wildman–Crippen LogP) is 4.44. The van der Waals surface area contributed by atoms with E-state index in [0.29, 0.717) is 11.1 Å². The van der Waals surface area contributed by atoms with Gasteiger partial charge in [-0.25, -0.2) is 12.8 Å². The van der Waals surface area contributed by atoms with E-state index in [1.165, 1.54) is 24.3 Å².